The maximum atomic E-state index is 11.2. The van der Waals surface area contributed by atoms with Gasteiger partial charge in [-0.05, 0) is 48.9 Å². The van der Waals surface area contributed by atoms with E-state index in [1.807, 2.05) is 18.2 Å². The van der Waals surface area contributed by atoms with Gasteiger partial charge in [-0.15, -0.1) is 0 Å². The van der Waals surface area contributed by atoms with E-state index in [1.165, 1.54) is 23.6 Å². The fourth-order valence-electron chi connectivity index (χ4n) is 2.66. The number of esters is 1. The molecule has 0 spiro atoms. The van der Waals surface area contributed by atoms with Gasteiger partial charge in [-0.25, -0.2) is 0 Å². The first-order chi connectivity index (χ1) is 11.2. The van der Waals surface area contributed by atoms with Crippen molar-refractivity contribution in [3.05, 3.63) is 60.2 Å². The van der Waals surface area contributed by atoms with Gasteiger partial charge >= 0.3 is 5.97 Å². The largest absolute Gasteiger partial charge is 0.463 e. The first-order valence-electron chi connectivity index (χ1n) is 8.20. The van der Waals surface area contributed by atoms with Crippen LogP contribution in [0.1, 0.15) is 31.7 Å². The third-order valence-electron chi connectivity index (χ3n) is 3.88. The number of carbonyl (C=O) groups excluding carboxylic acids is 1. The Morgan fingerprint density at radius 1 is 1.00 bits per heavy atom. The fraction of sp³-hybridized carbons (Fsp3) is 0.350. The molecule has 3 heteroatoms. The van der Waals surface area contributed by atoms with Crippen LogP contribution in [0, 0.1) is 0 Å². The predicted molar refractivity (Wildman–Crippen MR) is 94.0 cm³/mol. The van der Waals surface area contributed by atoms with Gasteiger partial charge in [0.2, 0.25) is 0 Å². The Balaban J connectivity index is 1.93. The first-order valence-corrected chi connectivity index (χ1v) is 8.20. The molecule has 3 nitrogen and oxygen atoms in total. The molecule has 2 N–H and O–H groups in total. The third-order valence-corrected chi connectivity index (χ3v) is 3.88. The smallest absolute Gasteiger partial charge is 0.302 e. The van der Waals surface area contributed by atoms with Crippen molar-refractivity contribution in [3.8, 4) is 11.1 Å². The van der Waals surface area contributed by atoms with Gasteiger partial charge in [-0.2, -0.15) is 0 Å². The molecule has 0 aliphatic rings. The second-order valence-corrected chi connectivity index (χ2v) is 5.76. The molecule has 0 aliphatic carbocycles. The van der Waals surface area contributed by atoms with Crippen LogP contribution in [0.15, 0.2) is 54.6 Å². The molecule has 0 bridgehead atoms. The molecule has 1 atom stereocenters. The van der Waals surface area contributed by atoms with Crippen molar-refractivity contribution in [3.63, 3.8) is 0 Å². The third kappa shape index (κ3) is 5.87. The first kappa shape index (κ1) is 17.2. The minimum Gasteiger partial charge on any atom is -0.463 e. The highest BCUT2D eigenvalue weighted by Gasteiger charge is 2.11. The standard InChI is InChI=1S/C20H25NO2/c1-16(22)23-20(8-5-15-21)14-11-17-9-12-19(13-10-17)18-6-3-2-4-7-18/h2-4,6-7,9-10,12-13,20H,5,8,11,14-15,21H2,1H3. The number of ether oxygens (including phenoxy) is 1. The van der Waals surface area contributed by atoms with Crippen molar-refractivity contribution in [2.24, 2.45) is 5.73 Å². The van der Waals surface area contributed by atoms with Gasteiger partial charge in [0.05, 0.1) is 0 Å². The number of carbonyl (C=O) groups is 1. The van der Waals surface area contributed by atoms with Crippen LogP contribution in [0.25, 0.3) is 11.1 Å². The second-order valence-electron chi connectivity index (χ2n) is 5.76. The number of rotatable bonds is 8. The molecular weight excluding hydrogens is 286 g/mol. The molecule has 1 unspecified atom stereocenters. The molecule has 23 heavy (non-hydrogen) atoms. The Morgan fingerprint density at radius 3 is 2.26 bits per heavy atom. The summed E-state index contributed by atoms with van der Waals surface area (Å²) in [5, 5.41) is 0. The molecule has 0 radical (unpaired) electrons. The molecule has 2 rings (SSSR count). The van der Waals surface area contributed by atoms with Crippen LogP contribution in [0.2, 0.25) is 0 Å². The lowest BCUT2D eigenvalue weighted by Crippen LogP contribution is -2.18. The highest BCUT2D eigenvalue weighted by atomic mass is 16.5. The normalized spacial score (nSPS) is 11.9. The molecule has 0 amide bonds. The average molecular weight is 311 g/mol. The number of aryl methyl sites for hydroxylation is 1. The van der Waals surface area contributed by atoms with Crippen LogP contribution in [0.5, 0.6) is 0 Å². The summed E-state index contributed by atoms with van der Waals surface area (Å²) >= 11 is 0. The van der Waals surface area contributed by atoms with Crippen molar-refractivity contribution < 1.29 is 9.53 Å². The summed E-state index contributed by atoms with van der Waals surface area (Å²) in [4.78, 5) is 11.2. The average Bonchev–Trinajstić information content (AvgIpc) is 2.58. The van der Waals surface area contributed by atoms with Crippen LogP contribution in [-0.2, 0) is 16.0 Å². The minimum atomic E-state index is -0.216. The molecule has 0 heterocycles. The summed E-state index contributed by atoms with van der Waals surface area (Å²) in [5.41, 5.74) is 9.24. The Labute approximate surface area is 138 Å². The monoisotopic (exact) mass is 311 g/mol. The van der Waals surface area contributed by atoms with Gasteiger partial charge in [-0.1, -0.05) is 54.6 Å². The SMILES string of the molecule is CC(=O)OC(CCCN)CCc1ccc(-c2ccccc2)cc1. The molecule has 122 valence electrons. The molecule has 0 aliphatic heterocycles. The lowest BCUT2D eigenvalue weighted by molar-refractivity contribution is -0.146. The maximum Gasteiger partial charge on any atom is 0.302 e. The molecule has 0 fully saturated rings. The van der Waals surface area contributed by atoms with Crippen molar-refractivity contribution in [2.45, 2.75) is 38.7 Å². The van der Waals surface area contributed by atoms with Crippen LogP contribution in [0.4, 0.5) is 0 Å². The van der Waals surface area contributed by atoms with Gasteiger partial charge in [-0.3, -0.25) is 4.79 Å². The summed E-state index contributed by atoms with van der Waals surface area (Å²) in [7, 11) is 0. The molecule has 2 aromatic rings. The number of nitrogens with two attached hydrogens (primary N) is 1. The number of benzene rings is 2. The lowest BCUT2D eigenvalue weighted by Gasteiger charge is -2.16. The topological polar surface area (TPSA) is 52.3 Å². The highest BCUT2D eigenvalue weighted by molar-refractivity contribution is 5.66. The zero-order valence-electron chi connectivity index (χ0n) is 13.7. The molecule has 0 aromatic heterocycles. The summed E-state index contributed by atoms with van der Waals surface area (Å²) in [6.45, 7) is 2.09. The van der Waals surface area contributed by atoms with E-state index in [1.54, 1.807) is 0 Å². The van der Waals surface area contributed by atoms with Crippen LogP contribution < -0.4 is 5.73 Å². The van der Waals surface area contributed by atoms with Gasteiger partial charge in [0, 0.05) is 6.92 Å². The quantitative estimate of drug-likeness (QED) is 0.751. The number of hydrogen-bond donors (Lipinski definition) is 1. The molecule has 0 saturated carbocycles. The maximum absolute atomic E-state index is 11.2. The molecule has 2 aromatic carbocycles. The van der Waals surface area contributed by atoms with Crippen molar-refractivity contribution >= 4 is 5.97 Å². The van der Waals surface area contributed by atoms with Crippen LogP contribution >= 0.6 is 0 Å². The summed E-state index contributed by atoms with van der Waals surface area (Å²) < 4.78 is 5.37. The van der Waals surface area contributed by atoms with E-state index in [0.29, 0.717) is 6.54 Å². The van der Waals surface area contributed by atoms with E-state index < -0.39 is 0 Å². The van der Waals surface area contributed by atoms with Gasteiger partial charge in [0.15, 0.2) is 0 Å². The predicted octanol–water partition coefficient (Wildman–Crippen LogP) is 3.96. The second kappa shape index (κ2) is 9.11. The Morgan fingerprint density at radius 2 is 1.65 bits per heavy atom. The van der Waals surface area contributed by atoms with Crippen molar-refractivity contribution in [1.82, 2.24) is 0 Å². The van der Waals surface area contributed by atoms with E-state index >= 15 is 0 Å². The van der Waals surface area contributed by atoms with Crippen molar-refractivity contribution in [2.75, 3.05) is 6.54 Å². The van der Waals surface area contributed by atoms with Gasteiger partial charge in [0.1, 0.15) is 6.10 Å². The van der Waals surface area contributed by atoms with E-state index in [9.17, 15) is 4.79 Å². The van der Waals surface area contributed by atoms with Crippen molar-refractivity contribution in [1.29, 1.82) is 0 Å². The van der Waals surface area contributed by atoms with Crippen LogP contribution in [-0.4, -0.2) is 18.6 Å². The van der Waals surface area contributed by atoms with E-state index in [2.05, 4.69) is 36.4 Å². The molecule has 0 saturated heterocycles. The zero-order chi connectivity index (χ0) is 16.5. The number of hydrogen-bond acceptors (Lipinski definition) is 3. The summed E-state index contributed by atoms with van der Waals surface area (Å²) in [6.07, 6.45) is 3.41. The zero-order valence-corrected chi connectivity index (χ0v) is 13.7. The Bertz CT molecular complexity index is 593. The minimum absolute atomic E-state index is 0.0372. The fourth-order valence-corrected chi connectivity index (χ4v) is 2.66. The van der Waals surface area contributed by atoms with Crippen LogP contribution in [0.3, 0.4) is 0 Å². The Hall–Kier alpha value is -2.13. The summed E-state index contributed by atoms with van der Waals surface area (Å²) in [5.74, 6) is -0.216. The summed E-state index contributed by atoms with van der Waals surface area (Å²) in [6, 6.07) is 18.9. The molecular formula is C20H25NO2. The van der Waals surface area contributed by atoms with Gasteiger partial charge in [0.25, 0.3) is 0 Å². The lowest BCUT2D eigenvalue weighted by atomic mass is 10.00. The Kier molecular flexibility index (Phi) is 6.82. The van der Waals surface area contributed by atoms with E-state index in [4.69, 9.17) is 10.5 Å². The van der Waals surface area contributed by atoms with Gasteiger partial charge < -0.3 is 10.5 Å². The highest BCUT2D eigenvalue weighted by Crippen LogP contribution is 2.20. The van der Waals surface area contributed by atoms with E-state index in [-0.39, 0.29) is 12.1 Å². The van der Waals surface area contributed by atoms with E-state index in [0.717, 1.165) is 25.7 Å².